The van der Waals surface area contributed by atoms with Crippen LogP contribution in [0.5, 0.6) is 0 Å². The number of nitrogens with two attached hydrogens (primary N) is 1. The molecule has 1 rings (SSSR count). The molecule has 0 aromatic heterocycles. The predicted molar refractivity (Wildman–Crippen MR) is 84.7 cm³/mol. The molecule has 112 valence electrons. The standard InChI is InChI=1S/C16H27N3O/c1-5-9-19(10-6-2)12-14-8-7-13(11-15(14)17)16(20)18(3)4/h7-8,11H,5-6,9-10,12,17H2,1-4H3. The summed E-state index contributed by atoms with van der Waals surface area (Å²) in [7, 11) is 3.49. The van der Waals surface area contributed by atoms with Crippen LogP contribution < -0.4 is 5.73 Å². The van der Waals surface area contributed by atoms with E-state index in [-0.39, 0.29) is 5.91 Å². The number of hydrogen-bond acceptors (Lipinski definition) is 3. The van der Waals surface area contributed by atoms with Crippen LogP contribution in [0.4, 0.5) is 5.69 Å². The molecule has 1 aromatic carbocycles. The number of carbonyl (C=O) groups is 1. The molecule has 20 heavy (non-hydrogen) atoms. The number of nitrogen functional groups attached to an aromatic ring is 1. The molecule has 0 spiro atoms. The van der Waals surface area contributed by atoms with E-state index in [9.17, 15) is 4.79 Å². The molecule has 0 saturated carbocycles. The Morgan fingerprint density at radius 1 is 1.15 bits per heavy atom. The maximum Gasteiger partial charge on any atom is 0.253 e. The minimum absolute atomic E-state index is 0.0118. The Hall–Kier alpha value is -1.55. The molecular formula is C16H27N3O. The Morgan fingerprint density at radius 2 is 1.75 bits per heavy atom. The average Bonchev–Trinajstić information content (AvgIpc) is 2.40. The van der Waals surface area contributed by atoms with E-state index in [1.165, 1.54) is 0 Å². The van der Waals surface area contributed by atoms with Gasteiger partial charge < -0.3 is 10.6 Å². The van der Waals surface area contributed by atoms with Crippen LogP contribution in [0.3, 0.4) is 0 Å². The normalized spacial score (nSPS) is 10.8. The zero-order chi connectivity index (χ0) is 15.1. The molecule has 1 amide bonds. The van der Waals surface area contributed by atoms with E-state index >= 15 is 0 Å². The third-order valence-corrected chi connectivity index (χ3v) is 3.27. The lowest BCUT2D eigenvalue weighted by Crippen LogP contribution is -2.26. The number of amides is 1. The smallest absolute Gasteiger partial charge is 0.253 e. The maximum atomic E-state index is 11.9. The van der Waals surface area contributed by atoms with Crippen molar-refractivity contribution in [3.05, 3.63) is 29.3 Å². The summed E-state index contributed by atoms with van der Waals surface area (Å²) in [6, 6.07) is 5.63. The van der Waals surface area contributed by atoms with Crippen molar-refractivity contribution in [1.29, 1.82) is 0 Å². The van der Waals surface area contributed by atoms with Crippen LogP contribution in [0.2, 0.25) is 0 Å². The van der Waals surface area contributed by atoms with Gasteiger partial charge in [0.1, 0.15) is 0 Å². The third-order valence-electron chi connectivity index (χ3n) is 3.27. The zero-order valence-electron chi connectivity index (χ0n) is 13.1. The summed E-state index contributed by atoms with van der Waals surface area (Å²) in [4.78, 5) is 15.9. The van der Waals surface area contributed by atoms with Gasteiger partial charge in [-0.1, -0.05) is 19.9 Å². The number of benzene rings is 1. The van der Waals surface area contributed by atoms with Crippen molar-refractivity contribution >= 4 is 11.6 Å². The fourth-order valence-electron chi connectivity index (χ4n) is 2.27. The van der Waals surface area contributed by atoms with Crippen molar-refractivity contribution in [1.82, 2.24) is 9.80 Å². The minimum Gasteiger partial charge on any atom is -0.398 e. The first-order chi connectivity index (χ1) is 9.49. The summed E-state index contributed by atoms with van der Waals surface area (Å²) in [5.41, 5.74) is 8.55. The first-order valence-corrected chi connectivity index (χ1v) is 7.32. The largest absolute Gasteiger partial charge is 0.398 e. The molecule has 4 nitrogen and oxygen atoms in total. The van der Waals surface area contributed by atoms with Crippen LogP contribution in [-0.2, 0) is 6.54 Å². The summed E-state index contributed by atoms with van der Waals surface area (Å²) in [5.74, 6) is -0.0118. The van der Waals surface area contributed by atoms with Crippen LogP contribution in [-0.4, -0.2) is 42.9 Å². The lowest BCUT2D eigenvalue weighted by atomic mass is 10.1. The topological polar surface area (TPSA) is 49.6 Å². The second kappa shape index (κ2) is 7.90. The monoisotopic (exact) mass is 277 g/mol. The zero-order valence-corrected chi connectivity index (χ0v) is 13.1. The molecule has 0 fully saturated rings. The van der Waals surface area contributed by atoms with E-state index in [0.29, 0.717) is 11.3 Å². The maximum absolute atomic E-state index is 11.9. The molecule has 0 aliphatic rings. The van der Waals surface area contributed by atoms with E-state index in [2.05, 4.69) is 18.7 Å². The quantitative estimate of drug-likeness (QED) is 0.779. The SMILES string of the molecule is CCCN(CCC)Cc1ccc(C(=O)N(C)C)cc1N. The van der Waals surface area contributed by atoms with E-state index in [0.717, 1.165) is 38.0 Å². The molecule has 0 unspecified atom stereocenters. The Kier molecular flexibility index (Phi) is 6.52. The van der Waals surface area contributed by atoms with Gasteiger partial charge in [-0.25, -0.2) is 0 Å². The Bertz CT molecular complexity index is 437. The summed E-state index contributed by atoms with van der Waals surface area (Å²) < 4.78 is 0. The lowest BCUT2D eigenvalue weighted by molar-refractivity contribution is 0.0827. The van der Waals surface area contributed by atoms with Crippen LogP contribution in [0.15, 0.2) is 18.2 Å². The number of rotatable bonds is 7. The molecule has 0 radical (unpaired) electrons. The second-order valence-electron chi connectivity index (χ2n) is 5.39. The van der Waals surface area contributed by atoms with E-state index in [1.54, 1.807) is 25.1 Å². The molecule has 0 aliphatic carbocycles. The van der Waals surface area contributed by atoms with Gasteiger partial charge in [0.25, 0.3) is 5.91 Å². The first kappa shape index (κ1) is 16.5. The summed E-state index contributed by atoms with van der Waals surface area (Å²) in [6.07, 6.45) is 2.27. The average molecular weight is 277 g/mol. The summed E-state index contributed by atoms with van der Waals surface area (Å²) in [5, 5.41) is 0. The molecule has 2 N–H and O–H groups in total. The highest BCUT2D eigenvalue weighted by Crippen LogP contribution is 2.17. The van der Waals surface area contributed by atoms with Crippen LogP contribution in [0.25, 0.3) is 0 Å². The lowest BCUT2D eigenvalue weighted by Gasteiger charge is -2.22. The van der Waals surface area contributed by atoms with Crippen molar-refractivity contribution < 1.29 is 4.79 Å². The Morgan fingerprint density at radius 3 is 2.20 bits per heavy atom. The van der Waals surface area contributed by atoms with E-state index < -0.39 is 0 Å². The van der Waals surface area contributed by atoms with Crippen LogP contribution in [0, 0.1) is 0 Å². The second-order valence-corrected chi connectivity index (χ2v) is 5.39. The van der Waals surface area contributed by atoms with Gasteiger partial charge in [-0.15, -0.1) is 0 Å². The van der Waals surface area contributed by atoms with Gasteiger partial charge in [-0.2, -0.15) is 0 Å². The van der Waals surface area contributed by atoms with Gasteiger partial charge >= 0.3 is 0 Å². The van der Waals surface area contributed by atoms with Gasteiger partial charge in [0, 0.05) is 31.9 Å². The van der Waals surface area contributed by atoms with Crippen LogP contribution in [0.1, 0.15) is 42.6 Å². The molecule has 0 saturated heterocycles. The fourth-order valence-corrected chi connectivity index (χ4v) is 2.27. The van der Waals surface area contributed by atoms with Crippen LogP contribution >= 0.6 is 0 Å². The molecule has 0 atom stereocenters. The van der Waals surface area contributed by atoms with Gasteiger partial charge in [-0.05, 0) is 43.6 Å². The summed E-state index contributed by atoms with van der Waals surface area (Å²) >= 11 is 0. The first-order valence-electron chi connectivity index (χ1n) is 7.32. The number of carbonyl (C=O) groups excluding carboxylic acids is 1. The number of anilines is 1. The third kappa shape index (κ3) is 4.53. The number of nitrogens with zero attached hydrogens (tertiary/aromatic N) is 2. The molecular weight excluding hydrogens is 250 g/mol. The van der Waals surface area contributed by atoms with Gasteiger partial charge in [0.15, 0.2) is 0 Å². The van der Waals surface area contributed by atoms with Crippen molar-refractivity contribution in [2.24, 2.45) is 0 Å². The number of hydrogen-bond donors (Lipinski definition) is 1. The molecule has 1 aromatic rings. The van der Waals surface area contributed by atoms with E-state index in [4.69, 9.17) is 5.73 Å². The molecule has 0 bridgehead atoms. The van der Waals surface area contributed by atoms with Crippen molar-refractivity contribution in [3.63, 3.8) is 0 Å². The highest BCUT2D eigenvalue weighted by Gasteiger charge is 2.11. The molecule has 0 aliphatic heterocycles. The van der Waals surface area contributed by atoms with Gasteiger partial charge in [0.2, 0.25) is 0 Å². The van der Waals surface area contributed by atoms with Crippen molar-refractivity contribution in [2.45, 2.75) is 33.2 Å². The minimum atomic E-state index is -0.0118. The predicted octanol–water partition coefficient (Wildman–Crippen LogP) is 2.59. The van der Waals surface area contributed by atoms with Gasteiger partial charge in [-0.3, -0.25) is 9.69 Å². The van der Waals surface area contributed by atoms with Crippen molar-refractivity contribution in [2.75, 3.05) is 32.9 Å². The van der Waals surface area contributed by atoms with E-state index in [1.807, 2.05) is 12.1 Å². The fraction of sp³-hybridized carbons (Fsp3) is 0.562. The highest BCUT2D eigenvalue weighted by atomic mass is 16.2. The van der Waals surface area contributed by atoms with Crippen molar-refractivity contribution in [3.8, 4) is 0 Å². The molecule has 4 heteroatoms. The Balaban J connectivity index is 2.84. The van der Waals surface area contributed by atoms with Gasteiger partial charge in [0.05, 0.1) is 0 Å². The highest BCUT2D eigenvalue weighted by molar-refractivity contribution is 5.94. The Labute approximate surface area is 122 Å². The summed E-state index contributed by atoms with van der Waals surface area (Å²) in [6.45, 7) is 7.37. The molecule has 0 heterocycles.